The summed E-state index contributed by atoms with van der Waals surface area (Å²) in [5.74, 6) is -2.35. The van der Waals surface area contributed by atoms with Crippen molar-refractivity contribution in [3.63, 3.8) is 0 Å². The Labute approximate surface area is 399 Å². The monoisotopic (exact) mass is 946 g/mol. The van der Waals surface area contributed by atoms with Gasteiger partial charge in [0.25, 0.3) is 0 Å². The second kappa shape index (κ2) is 48.9. The number of phosphoric ester groups is 1. The smallest absolute Gasteiger partial charge is 0.472 e. The first kappa shape index (κ1) is 63.5. The van der Waals surface area contributed by atoms with Crippen LogP contribution in [0.25, 0.3) is 0 Å². The Morgan fingerprint density at radius 3 is 0.969 bits per heavy atom. The van der Waals surface area contributed by atoms with Gasteiger partial charge in [-0.3, -0.25) is 23.4 Å². The summed E-state index contributed by atoms with van der Waals surface area (Å²) < 4.78 is 32.9. The number of carbonyl (C=O) groups excluding carboxylic acids is 2. The Kier molecular flexibility index (Phi) is 47.8. The molecule has 0 aromatic carbocycles. The molecule has 0 radical (unpaired) electrons. The number of unbranched alkanes of at least 4 members (excludes halogenated alkanes) is 39. The molecule has 0 amide bonds. The summed E-state index contributed by atoms with van der Waals surface area (Å²) >= 11 is 0. The van der Waals surface area contributed by atoms with Crippen molar-refractivity contribution >= 4 is 25.7 Å². The van der Waals surface area contributed by atoms with Crippen LogP contribution in [0, 0.1) is 0 Å². The molecule has 0 rings (SSSR count). The number of aliphatic carboxylic acids is 1. The summed E-state index contributed by atoms with van der Waals surface area (Å²) in [5, 5.41) is 8.93. The van der Waals surface area contributed by atoms with E-state index in [0.717, 1.165) is 38.5 Å². The van der Waals surface area contributed by atoms with Gasteiger partial charge in [0.05, 0.1) is 13.2 Å². The third-order valence-electron chi connectivity index (χ3n) is 12.6. The van der Waals surface area contributed by atoms with Gasteiger partial charge in [0, 0.05) is 12.8 Å². The molecule has 3 atom stereocenters. The van der Waals surface area contributed by atoms with Crippen molar-refractivity contribution in [3.05, 3.63) is 0 Å². The van der Waals surface area contributed by atoms with Gasteiger partial charge in [0.1, 0.15) is 12.6 Å². The highest BCUT2D eigenvalue weighted by atomic mass is 31.2. The minimum Gasteiger partial charge on any atom is -0.480 e. The Hall–Kier alpha value is -1.52. The molecule has 0 aromatic heterocycles. The highest BCUT2D eigenvalue weighted by Crippen LogP contribution is 2.43. The van der Waals surface area contributed by atoms with E-state index < -0.39 is 51.1 Å². The van der Waals surface area contributed by atoms with E-state index in [1.54, 1.807) is 0 Å². The zero-order valence-electron chi connectivity index (χ0n) is 42.4. The van der Waals surface area contributed by atoms with Crippen molar-refractivity contribution in [2.45, 2.75) is 302 Å². The highest BCUT2D eigenvalue weighted by Gasteiger charge is 2.28. The van der Waals surface area contributed by atoms with Crippen LogP contribution in [0.4, 0.5) is 0 Å². The summed E-state index contributed by atoms with van der Waals surface area (Å²) in [6.45, 7) is 2.89. The molecule has 12 heteroatoms. The molecule has 0 bridgehead atoms. The summed E-state index contributed by atoms with van der Waals surface area (Å²) in [5.41, 5.74) is 5.36. The lowest BCUT2D eigenvalue weighted by Gasteiger charge is -2.20. The quantitative estimate of drug-likeness (QED) is 0.0301. The van der Waals surface area contributed by atoms with Gasteiger partial charge < -0.3 is 25.2 Å². The SMILES string of the molecule is CCCCCCCCCCCCCCCCCCCCCCCC(=O)O[C@H](COC(=O)CCCCCCCCCCCCCCCCCCCCCC)COP(=O)(O)OC[C@H](N)C(=O)O. The first-order chi connectivity index (χ1) is 31.6. The van der Waals surface area contributed by atoms with Gasteiger partial charge in [-0.25, -0.2) is 4.57 Å². The number of carbonyl (C=O) groups is 3. The Morgan fingerprint density at radius 1 is 0.415 bits per heavy atom. The number of phosphoric acid groups is 1. The van der Waals surface area contributed by atoms with E-state index in [2.05, 4.69) is 13.8 Å². The fourth-order valence-electron chi connectivity index (χ4n) is 8.31. The van der Waals surface area contributed by atoms with Gasteiger partial charge in [0.2, 0.25) is 0 Å². The van der Waals surface area contributed by atoms with Gasteiger partial charge >= 0.3 is 25.7 Å². The van der Waals surface area contributed by atoms with Crippen molar-refractivity contribution in [3.8, 4) is 0 Å². The van der Waals surface area contributed by atoms with Gasteiger partial charge in [0.15, 0.2) is 6.10 Å². The molecule has 65 heavy (non-hydrogen) atoms. The molecule has 0 aliphatic heterocycles. The number of hydrogen-bond acceptors (Lipinski definition) is 9. The Bertz CT molecular complexity index is 1110. The number of carboxylic acids is 1. The minimum atomic E-state index is -4.72. The predicted molar refractivity (Wildman–Crippen MR) is 268 cm³/mol. The molecular weight excluding hydrogens is 842 g/mol. The normalized spacial score (nSPS) is 13.4. The van der Waals surface area contributed by atoms with Crippen LogP contribution in [0.2, 0.25) is 0 Å². The van der Waals surface area contributed by atoms with E-state index in [-0.39, 0.29) is 19.4 Å². The average molecular weight is 946 g/mol. The van der Waals surface area contributed by atoms with Crippen molar-refractivity contribution in [2.75, 3.05) is 19.8 Å². The van der Waals surface area contributed by atoms with Crippen molar-refractivity contribution in [2.24, 2.45) is 5.73 Å². The summed E-state index contributed by atoms with van der Waals surface area (Å²) in [7, 11) is -4.72. The number of rotatable bonds is 53. The Morgan fingerprint density at radius 2 is 0.677 bits per heavy atom. The molecular formula is C53H104NO10P. The van der Waals surface area contributed by atoms with Gasteiger partial charge in [-0.1, -0.05) is 264 Å². The van der Waals surface area contributed by atoms with Gasteiger partial charge in [-0.2, -0.15) is 0 Å². The van der Waals surface area contributed by atoms with Crippen LogP contribution < -0.4 is 5.73 Å². The lowest BCUT2D eigenvalue weighted by molar-refractivity contribution is -0.161. The highest BCUT2D eigenvalue weighted by molar-refractivity contribution is 7.47. The molecule has 0 aromatic rings. The lowest BCUT2D eigenvalue weighted by Crippen LogP contribution is -2.34. The molecule has 386 valence electrons. The summed E-state index contributed by atoms with van der Waals surface area (Å²) in [4.78, 5) is 46.3. The zero-order chi connectivity index (χ0) is 47.7. The number of esters is 2. The molecule has 0 heterocycles. The topological polar surface area (TPSA) is 172 Å². The first-order valence-electron chi connectivity index (χ1n) is 27.6. The van der Waals surface area contributed by atoms with E-state index in [1.807, 2.05) is 0 Å². The van der Waals surface area contributed by atoms with Crippen LogP contribution >= 0.6 is 7.82 Å². The standard InChI is InChI=1S/C53H104NO10P/c1-3-5-7-9-11-13-15-17-19-21-23-25-27-29-31-33-35-37-39-41-43-45-52(56)64-49(47-62-65(59,60)63-48-50(54)53(57)58)46-61-51(55)44-42-40-38-36-34-32-30-28-26-24-22-20-18-16-14-12-10-8-6-4-2/h49-50H,3-48,54H2,1-2H3,(H,57,58)(H,59,60)/t49-,50+/m1/s1. The van der Waals surface area contributed by atoms with E-state index in [1.165, 1.54) is 212 Å². The zero-order valence-corrected chi connectivity index (χ0v) is 43.3. The largest absolute Gasteiger partial charge is 0.480 e. The maximum atomic E-state index is 12.7. The van der Waals surface area contributed by atoms with E-state index in [0.29, 0.717) is 12.8 Å². The molecule has 0 spiro atoms. The van der Waals surface area contributed by atoms with Crippen molar-refractivity contribution in [1.82, 2.24) is 0 Å². The number of ether oxygens (including phenoxy) is 2. The van der Waals surface area contributed by atoms with E-state index >= 15 is 0 Å². The molecule has 0 aliphatic rings. The van der Waals surface area contributed by atoms with Gasteiger partial charge in [-0.15, -0.1) is 0 Å². The Balaban J connectivity index is 4.14. The van der Waals surface area contributed by atoms with E-state index in [4.69, 9.17) is 29.4 Å². The molecule has 4 N–H and O–H groups in total. The molecule has 0 fully saturated rings. The fourth-order valence-corrected chi connectivity index (χ4v) is 9.08. The molecule has 0 aliphatic carbocycles. The summed E-state index contributed by atoms with van der Waals surface area (Å²) in [6, 6.07) is -1.52. The predicted octanol–water partition coefficient (Wildman–Crippen LogP) is 15.8. The lowest BCUT2D eigenvalue weighted by atomic mass is 10.0. The minimum absolute atomic E-state index is 0.170. The average Bonchev–Trinajstić information content (AvgIpc) is 3.28. The second-order valence-corrected chi connectivity index (χ2v) is 20.5. The van der Waals surface area contributed by atoms with Crippen LogP contribution in [-0.2, 0) is 37.5 Å². The van der Waals surface area contributed by atoms with Crippen molar-refractivity contribution < 1.29 is 47.5 Å². The number of hydrogen-bond donors (Lipinski definition) is 3. The number of nitrogens with two attached hydrogens (primary N) is 1. The van der Waals surface area contributed by atoms with Crippen LogP contribution in [0.3, 0.4) is 0 Å². The second-order valence-electron chi connectivity index (χ2n) is 19.1. The maximum Gasteiger partial charge on any atom is 0.472 e. The van der Waals surface area contributed by atoms with Crippen LogP contribution in [0.1, 0.15) is 290 Å². The molecule has 0 saturated heterocycles. The maximum absolute atomic E-state index is 12.7. The fraction of sp³-hybridized carbons (Fsp3) is 0.943. The van der Waals surface area contributed by atoms with Gasteiger partial charge in [-0.05, 0) is 12.8 Å². The third kappa shape index (κ3) is 48.7. The van der Waals surface area contributed by atoms with E-state index in [9.17, 15) is 23.8 Å². The summed E-state index contributed by atoms with van der Waals surface area (Å²) in [6.07, 6.45) is 51.7. The van der Waals surface area contributed by atoms with Crippen LogP contribution in [-0.4, -0.2) is 59.9 Å². The molecule has 1 unspecified atom stereocenters. The third-order valence-corrected chi connectivity index (χ3v) is 13.6. The van der Waals surface area contributed by atoms with Crippen LogP contribution in [0.5, 0.6) is 0 Å². The number of carboxylic acid groups (broad SMARTS) is 1. The molecule has 11 nitrogen and oxygen atoms in total. The van der Waals surface area contributed by atoms with Crippen molar-refractivity contribution in [1.29, 1.82) is 0 Å². The molecule has 0 saturated carbocycles. The first-order valence-corrected chi connectivity index (χ1v) is 29.1. The van der Waals surface area contributed by atoms with Crippen LogP contribution in [0.15, 0.2) is 0 Å².